The molecule has 0 radical (unpaired) electrons. The molecule has 168 valence electrons. The Morgan fingerprint density at radius 1 is 1.03 bits per heavy atom. The Balaban J connectivity index is 0.00000106. The topological polar surface area (TPSA) is 40.5 Å². The number of hydrogen-bond donors (Lipinski definition) is 2. The lowest BCUT2D eigenvalue weighted by molar-refractivity contribution is -0.0579. The Labute approximate surface area is 184 Å². The van der Waals surface area contributed by atoms with Gasteiger partial charge >= 0.3 is 0 Å². The lowest BCUT2D eigenvalue weighted by atomic mass is 9.47. The molecule has 0 bridgehead atoms. The molecule has 0 saturated heterocycles. The predicted octanol–water partition coefficient (Wildman–Crippen LogP) is 6.12. The maximum absolute atomic E-state index is 10.3. The second-order valence-electron chi connectivity index (χ2n) is 12.1. The number of allylic oxidation sites excluding steroid dienone is 1. The zero-order chi connectivity index (χ0) is 21.7. The number of terminal acetylenes is 1. The quantitative estimate of drug-likeness (QED) is 0.431. The summed E-state index contributed by atoms with van der Waals surface area (Å²) < 4.78 is 0. The van der Waals surface area contributed by atoms with Crippen LogP contribution < -0.4 is 0 Å². The largest absolute Gasteiger partial charge is 0.393 e. The van der Waals surface area contributed by atoms with Crippen LogP contribution in [-0.4, -0.2) is 21.9 Å². The fraction of sp³-hybridized carbons (Fsp3) is 0.857. The van der Waals surface area contributed by atoms with Crippen LogP contribution in [0.25, 0.3) is 0 Å². The standard InChI is InChI=1S/C26H42O2.C2H2/c1-17(8-13-26(28)14-15-26)21-6-7-22-20-5-4-18-16-19(27)9-11-24(18,2)23(20)10-12-25(21,22)3;1-2/h4,17,19-23,27-28H,5-16H2,1-3H3;1-2H/t17-,19?,20?,21?,22?,23?,24?,25?;/m1./s1. The van der Waals surface area contributed by atoms with Gasteiger partial charge in [0.15, 0.2) is 0 Å². The molecule has 0 heterocycles. The minimum Gasteiger partial charge on any atom is -0.393 e. The molecular weight excluding hydrogens is 368 g/mol. The third kappa shape index (κ3) is 3.59. The Morgan fingerprint density at radius 2 is 1.77 bits per heavy atom. The van der Waals surface area contributed by atoms with E-state index < -0.39 is 0 Å². The van der Waals surface area contributed by atoms with Crippen LogP contribution in [0.15, 0.2) is 11.6 Å². The summed E-state index contributed by atoms with van der Waals surface area (Å²) >= 11 is 0. The normalized spacial score (nSPS) is 46.9. The van der Waals surface area contributed by atoms with Gasteiger partial charge in [0.1, 0.15) is 0 Å². The summed E-state index contributed by atoms with van der Waals surface area (Å²) in [6.45, 7) is 7.66. The van der Waals surface area contributed by atoms with Gasteiger partial charge in [-0.05, 0) is 117 Å². The van der Waals surface area contributed by atoms with Crippen molar-refractivity contribution < 1.29 is 10.2 Å². The van der Waals surface area contributed by atoms with Gasteiger partial charge in [-0.25, -0.2) is 0 Å². The van der Waals surface area contributed by atoms with E-state index in [0.29, 0.717) is 10.8 Å². The van der Waals surface area contributed by atoms with Crippen LogP contribution in [0.2, 0.25) is 0 Å². The van der Waals surface area contributed by atoms with Crippen LogP contribution in [-0.2, 0) is 0 Å². The number of fused-ring (bicyclic) bond motifs is 5. The van der Waals surface area contributed by atoms with Crippen molar-refractivity contribution in [1.82, 2.24) is 0 Å². The maximum atomic E-state index is 10.3. The molecule has 2 heteroatoms. The van der Waals surface area contributed by atoms with Gasteiger partial charge in [-0.2, -0.15) is 0 Å². The van der Waals surface area contributed by atoms with Crippen molar-refractivity contribution in [3.63, 3.8) is 0 Å². The van der Waals surface area contributed by atoms with E-state index in [2.05, 4.69) is 39.7 Å². The summed E-state index contributed by atoms with van der Waals surface area (Å²) in [5.41, 5.74) is 2.19. The molecule has 0 aromatic carbocycles. The average Bonchev–Trinajstić information content (AvgIpc) is 3.36. The number of rotatable bonds is 4. The second-order valence-corrected chi connectivity index (χ2v) is 12.1. The van der Waals surface area contributed by atoms with Crippen LogP contribution >= 0.6 is 0 Å². The number of aliphatic hydroxyl groups excluding tert-OH is 1. The zero-order valence-corrected chi connectivity index (χ0v) is 19.6. The van der Waals surface area contributed by atoms with Gasteiger partial charge in [-0.3, -0.25) is 0 Å². The molecular formula is C28H44O2. The van der Waals surface area contributed by atoms with Crippen LogP contribution in [0.5, 0.6) is 0 Å². The van der Waals surface area contributed by atoms with Crippen molar-refractivity contribution in [3.05, 3.63) is 11.6 Å². The molecule has 2 nitrogen and oxygen atoms in total. The Morgan fingerprint density at radius 3 is 2.47 bits per heavy atom. The summed E-state index contributed by atoms with van der Waals surface area (Å²) in [5.74, 6) is 4.22. The van der Waals surface area contributed by atoms with Gasteiger partial charge in [-0.1, -0.05) is 32.4 Å². The molecule has 5 rings (SSSR count). The van der Waals surface area contributed by atoms with E-state index in [1.807, 2.05) is 0 Å². The highest BCUT2D eigenvalue weighted by Crippen LogP contribution is 2.67. The van der Waals surface area contributed by atoms with Crippen molar-refractivity contribution >= 4 is 0 Å². The molecule has 0 aliphatic heterocycles. The highest BCUT2D eigenvalue weighted by molar-refractivity contribution is 5.25. The molecule has 5 aliphatic rings. The highest BCUT2D eigenvalue weighted by atomic mass is 16.3. The van der Waals surface area contributed by atoms with E-state index in [4.69, 9.17) is 0 Å². The minimum absolute atomic E-state index is 0.0947. The fourth-order valence-corrected chi connectivity index (χ4v) is 8.71. The van der Waals surface area contributed by atoms with Crippen LogP contribution in [0.3, 0.4) is 0 Å². The Kier molecular flexibility index (Phi) is 5.95. The van der Waals surface area contributed by atoms with Gasteiger partial charge in [0.2, 0.25) is 0 Å². The lowest BCUT2D eigenvalue weighted by Gasteiger charge is -2.58. The summed E-state index contributed by atoms with van der Waals surface area (Å²) in [5, 5.41) is 20.5. The Hall–Kier alpha value is -0.780. The van der Waals surface area contributed by atoms with E-state index >= 15 is 0 Å². The van der Waals surface area contributed by atoms with Gasteiger partial charge < -0.3 is 10.2 Å². The van der Waals surface area contributed by atoms with Crippen LogP contribution in [0, 0.1) is 53.3 Å². The predicted molar refractivity (Wildman–Crippen MR) is 124 cm³/mol. The first kappa shape index (κ1) is 22.4. The van der Waals surface area contributed by atoms with Crippen LogP contribution in [0.1, 0.15) is 97.8 Å². The molecule has 30 heavy (non-hydrogen) atoms. The van der Waals surface area contributed by atoms with E-state index in [-0.39, 0.29) is 11.7 Å². The van der Waals surface area contributed by atoms with E-state index in [0.717, 1.165) is 61.7 Å². The summed E-state index contributed by atoms with van der Waals surface area (Å²) in [6, 6.07) is 0. The number of aliphatic hydroxyl groups is 2. The van der Waals surface area contributed by atoms with Crippen molar-refractivity contribution in [2.45, 2.75) is 110 Å². The second kappa shape index (κ2) is 7.97. The smallest absolute Gasteiger partial charge is 0.0650 e. The van der Waals surface area contributed by atoms with Crippen molar-refractivity contribution in [3.8, 4) is 12.8 Å². The van der Waals surface area contributed by atoms with E-state index in [9.17, 15) is 10.2 Å². The monoisotopic (exact) mass is 412 g/mol. The molecule has 2 N–H and O–H groups in total. The third-order valence-corrected chi connectivity index (χ3v) is 10.7. The first-order valence-electron chi connectivity index (χ1n) is 12.7. The molecule has 0 spiro atoms. The minimum atomic E-state index is -0.282. The molecule has 0 aromatic heterocycles. The van der Waals surface area contributed by atoms with Crippen molar-refractivity contribution in [2.24, 2.45) is 40.4 Å². The molecule has 8 atom stereocenters. The summed E-state index contributed by atoms with van der Waals surface area (Å²) in [4.78, 5) is 0. The zero-order valence-electron chi connectivity index (χ0n) is 19.6. The van der Waals surface area contributed by atoms with Crippen LogP contribution in [0.4, 0.5) is 0 Å². The molecule has 5 aliphatic carbocycles. The van der Waals surface area contributed by atoms with Gasteiger partial charge in [0.25, 0.3) is 0 Å². The van der Waals surface area contributed by atoms with Gasteiger partial charge in [0, 0.05) is 0 Å². The summed E-state index contributed by atoms with van der Waals surface area (Å²) in [6.07, 6.45) is 24.8. The van der Waals surface area contributed by atoms with Crippen molar-refractivity contribution in [2.75, 3.05) is 0 Å². The number of hydrogen-bond acceptors (Lipinski definition) is 2. The molecule has 4 saturated carbocycles. The summed E-state index contributed by atoms with van der Waals surface area (Å²) in [7, 11) is 0. The van der Waals surface area contributed by atoms with E-state index in [1.165, 1.54) is 44.9 Å². The lowest BCUT2D eigenvalue weighted by Crippen LogP contribution is -2.50. The molecule has 7 unspecified atom stereocenters. The van der Waals surface area contributed by atoms with Gasteiger partial charge in [0.05, 0.1) is 11.7 Å². The van der Waals surface area contributed by atoms with E-state index in [1.54, 1.807) is 5.57 Å². The molecule has 0 aromatic rings. The third-order valence-electron chi connectivity index (χ3n) is 10.7. The molecule has 0 amide bonds. The Bertz CT molecular complexity index is 688. The first-order valence-corrected chi connectivity index (χ1v) is 12.7. The molecule has 4 fully saturated rings. The fourth-order valence-electron chi connectivity index (χ4n) is 8.71. The average molecular weight is 413 g/mol. The van der Waals surface area contributed by atoms with Crippen molar-refractivity contribution in [1.29, 1.82) is 0 Å². The SMILES string of the molecule is C#C.C[C@H](CCC1(O)CC1)C1CCC2C3CC=C4CC(O)CCC4(C)C3CCC21C. The van der Waals surface area contributed by atoms with Gasteiger partial charge in [-0.15, -0.1) is 12.8 Å². The maximum Gasteiger partial charge on any atom is 0.0650 e. The first-order chi connectivity index (χ1) is 14.3. The highest BCUT2D eigenvalue weighted by Gasteiger charge is 2.59.